The first-order valence-electron chi connectivity index (χ1n) is 9.77. The number of ether oxygens (including phenoxy) is 2. The van der Waals surface area contributed by atoms with Gasteiger partial charge in [0.25, 0.3) is 5.91 Å². The van der Waals surface area contributed by atoms with Crippen molar-refractivity contribution in [3.05, 3.63) is 59.7 Å². The zero-order valence-electron chi connectivity index (χ0n) is 16.3. The van der Waals surface area contributed by atoms with Crippen LogP contribution in [0.15, 0.2) is 48.5 Å². The number of fused-ring (bicyclic) bond motifs is 2. The first kappa shape index (κ1) is 19.2. The van der Waals surface area contributed by atoms with Crippen LogP contribution in [0.3, 0.4) is 0 Å². The van der Waals surface area contributed by atoms with E-state index in [1.165, 1.54) is 6.08 Å². The molecule has 29 heavy (non-hydrogen) atoms. The Hall–Kier alpha value is -3.12. The lowest BCUT2D eigenvalue weighted by molar-refractivity contribution is -0.140. The predicted molar refractivity (Wildman–Crippen MR) is 109 cm³/mol. The topological polar surface area (TPSA) is 76.1 Å². The van der Waals surface area contributed by atoms with Gasteiger partial charge in [0.1, 0.15) is 0 Å². The fourth-order valence-corrected chi connectivity index (χ4v) is 3.73. The Kier molecular flexibility index (Phi) is 5.11. The zero-order chi connectivity index (χ0) is 20.4. The quantitative estimate of drug-likeness (QED) is 0.730. The number of para-hydroxylation sites is 1. The molecule has 150 valence electrons. The van der Waals surface area contributed by atoms with Crippen molar-refractivity contribution < 1.29 is 24.2 Å². The Bertz CT molecular complexity index is 983. The van der Waals surface area contributed by atoms with Gasteiger partial charge in [-0.25, -0.2) is 0 Å². The van der Waals surface area contributed by atoms with Gasteiger partial charge in [0, 0.05) is 12.1 Å². The molecular formula is C23H23NO5. The van der Waals surface area contributed by atoms with Gasteiger partial charge in [0.15, 0.2) is 22.9 Å². The van der Waals surface area contributed by atoms with Gasteiger partial charge in [0.05, 0.1) is 12.1 Å². The Morgan fingerprint density at radius 2 is 2.00 bits per heavy atom. The first-order valence-corrected chi connectivity index (χ1v) is 9.77. The average Bonchev–Trinajstić information content (AvgIpc) is 3.27. The van der Waals surface area contributed by atoms with Crippen molar-refractivity contribution in [1.29, 1.82) is 0 Å². The number of nitrogens with zero attached hydrogens (tertiary/aromatic N) is 1. The van der Waals surface area contributed by atoms with E-state index in [0.717, 1.165) is 18.4 Å². The molecule has 2 heterocycles. The summed E-state index contributed by atoms with van der Waals surface area (Å²) >= 11 is 0. The summed E-state index contributed by atoms with van der Waals surface area (Å²) in [5.74, 6) is 0.537. The molecule has 1 N–H and O–H groups in total. The van der Waals surface area contributed by atoms with E-state index in [0.29, 0.717) is 29.3 Å². The van der Waals surface area contributed by atoms with Crippen LogP contribution in [-0.2, 0) is 15.2 Å². The lowest BCUT2D eigenvalue weighted by Crippen LogP contribution is -2.42. The van der Waals surface area contributed by atoms with E-state index in [1.54, 1.807) is 35.2 Å². The van der Waals surface area contributed by atoms with Crippen LogP contribution >= 0.6 is 0 Å². The maximum atomic E-state index is 13.0. The molecule has 6 nitrogen and oxygen atoms in total. The molecule has 0 saturated carbocycles. The number of carbonyl (C=O) groups excluding carboxylic acids is 2. The largest absolute Gasteiger partial charge is 0.454 e. The second-order valence-electron chi connectivity index (χ2n) is 7.28. The Balaban J connectivity index is 1.53. The molecule has 2 aliphatic heterocycles. The Morgan fingerprint density at radius 3 is 2.83 bits per heavy atom. The third-order valence-electron chi connectivity index (χ3n) is 5.26. The maximum Gasteiger partial charge on any atom is 0.264 e. The summed E-state index contributed by atoms with van der Waals surface area (Å²) in [6.45, 7) is 2.75. The number of unbranched alkanes of at least 4 members (excludes halogenated alkanes) is 1. The van der Waals surface area contributed by atoms with E-state index < -0.39 is 11.5 Å². The molecule has 0 aromatic heterocycles. The lowest BCUT2D eigenvalue weighted by atomic mass is 9.89. The van der Waals surface area contributed by atoms with E-state index in [-0.39, 0.29) is 19.0 Å². The molecule has 4 rings (SSSR count). The SMILES string of the molecule is CCCCN1C(=O)[C@@](O)(CC(=O)/C=C\c2ccc3c(c2)OCO3)c2ccccc21. The summed E-state index contributed by atoms with van der Waals surface area (Å²) in [5, 5.41) is 11.2. The summed E-state index contributed by atoms with van der Waals surface area (Å²) < 4.78 is 10.6. The molecule has 0 spiro atoms. The van der Waals surface area contributed by atoms with E-state index >= 15 is 0 Å². The lowest BCUT2D eigenvalue weighted by Gasteiger charge is -2.22. The van der Waals surface area contributed by atoms with Gasteiger partial charge < -0.3 is 19.5 Å². The standard InChI is InChI=1S/C23H23NO5/c1-2-3-12-24-19-7-5-4-6-18(19)23(27,22(24)26)14-17(25)10-8-16-9-11-20-21(13-16)29-15-28-20/h4-11,13,27H,2-3,12,14-15H2,1H3/b10-8-/t23-/m1/s1. The molecule has 0 bridgehead atoms. The number of rotatable bonds is 7. The van der Waals surface area contributed by atoms with Gasteiger partial charge in [-0.2, -0.15) is 0 Å². The number of ketones is 1. The van der Waals surface area contributed by atoms with E-state index in [9.17, 15) is 14.7 Å². The molecule has 2 aromatic rings. The minimum absolute atomic E-state index is 0.185. The maximum absolute atomic E-state index is 13.0. The first-order chi connectivity index (χ1) is 14.0. The minimum Gasteiger partial charge on any atom is -0.454 e. The Labute approximate surface area is 169 Å². The van der Waals surface area contributed by atoms with Crippen LogP contribution in [0.4, 0.5) is 5.69 Å². The second-order valence-corrected chi connectivity index (χ2v) is 7.28. The van der Waals surface area contributed by atoms with Crippen molar-refractivity contribution in [2.75, 3.05) is 18.2 Å². The third kappa shape index (κ3) is 3.51. The smallest absolute Gasteiger partial charge is 0.264 e. The molecule has 0 radical (unpaired) electrons. The summed E-state index contributed by atoms with van der Waals surface area (Å²) in [4.78, 5) is 27.2. The van der Waals surface area contributed by atoms with Crippen molar-refractivity contribution in [3.8, 4) is 11.5 Å². The number of carbonyl (C=O) groups is 2. The van der Waals surface area contributed by atoms with Crippen LogP contribution < -0.4 is 14.4 Å². The monoisotopic (exact) mass is 393 g/mol. The van der Waals surface area contributed by atoms with Gasteiger partial charge in [-0.15, -0.1) is 0 Å². The summed E-state index contributed by atoms with van der Waals surface area (Å²) in [7, 11) is 0. The molecular weight excluding hydrogens is 370 g/mol. The highest BCUT2D eigenvalue weighted by molar-refractivity contribution is 6.10. The van der Waals surface area contributed by atoms with E-state index in [2.05, 4.69) is 0 Å². The number of allylic oxidation sites excluding steroid dienone is 1. The summed E-state index contributed by atoms with van der Waals surface area (Å²) in [5.41, 5.74) is 0.116. The number of anilines is 1. The van der Waals surface area contributed by atoms with Gasteiger partial charge in [-0.3, -0.25) is 9.59 Å². The summed E-state index contributed by atoms with van der Waals surface area (Å²) in [6, 6.07) is 12.5. The van der Waals surface area contributed by atoms with Crippen molar-refractivity contribution in [3.63, 3.8) is 0 Å². The molecule has 2 aliphatic rings. The van der Waals surface area contributed by atoms with Gasteiger partial charge in [-0.1, -0.05) is 43.7 Å². The van der Waals surface area contributed by atoms with Gasteiger partial charge in [0.2, 0.25) is 6.79 Å². The highest BCUT2D eigenvalue weighted by atomic mass is 16.7. The fraction of sp³-hybridized carbons (Fsp3) is 0.304. The molecule has 2 aromatic carbocycles. The van der Waals surface area contributed by atoms with Gasteiger partial charge >= 0.3 is 0 Å². The number of amides is 1. The normalized spacial score (nSPS) is 19.8. The summed E-state index contributed by atoms with van der Waals surface area (Å²) in [6.07, 6.45) is 4.50. The molecule has 1 atom stereocenters. The number of benzene rings is 2. The molecule has 0 saturated heterocycles. The average molecular weight is 393 g/mol. The third-order valence-corrected chi connectivity index (χ3v) is 5.26. The van der Waals surface area contributed by atoms with Crippen LogP contribution in [-0.4, -0.2) is 30.1 Å². The van der Waals surface area contributed by atoms with Crippen LogP contribution in [0.25, 0.3) is 6.08 Å². The Morgan fingerprint density at radius 1 is 1.21 bits per heavy atom. The van der Waals surface area contributed by atoms with Gasteiger partial charge in [-0.05, 0) is 36.3 Å². The molecule has 6 heteroatoms. The second kappa shape index (κ2) is 7.72. The van der Waals surface area contributed by atoms with Crippen molar-refractivity contribution in [2.45, 2.75) is 31.8 Å². The number of aliphatic hydroxyl groups is 1. The highest BCUT2D eigenvalue weighted by Crippen LogP contribution is 2.42. The highest BCUT2D eigenvalue weighted by Gasteiger charge is 2.50. The predicted octanol–water partition coefficient (Wildman–Crippen LogP) is 3.42. The fourth-order valence-electron chi connectivity index (χ4n) is 3.73. The van der Waals surface area contributed by atoms with E-state index in [1.807, 2.05) is 25.1 Å². The van der Waals surface area contributed by atoms with Crippen LogP contribution in [0, 0.1) is 0 Å². The van der Waals surface area contributed by atoms with Crippen molar-refractivity contribution in [2.24, 2.45) is 0 Å². The van der Waals surface area contributed by atoms with Crippen molar-refractivity contribution in [1.82, 2.24) is 0 Å². The molecule has 0 unspecified atom stereocenters. The zero-order valence-corrected chi connectivity index (χ0v) is 16.3. The number of hydrogen-bond donors (Lipinski definition) is 1. The van der Waals surface area contributed by atoms with Crippen molar-refractivity contribution >= 4 is 23.5 Å². The van der Waals surface area contributed by atoms with Crippen LogP contribution in [0.2, 0.25) is 0 Å². The van der Waals surface area contributed by atoms with Crippen LogP contribution in [0.1, 0.15) is 37.3 Å². The van der Waals surface area contributed by atoms with E-state index in [4.69, 9.17) is 9.47 Å². The number of hydrogen-bond acceptors (Lipinski definition) is 5. The molecule has 0 aliphatic carbocycles. The molecule has 0 fully saturated rings. The minimum atomic E-state index is -1.83. The molecule has 1 amide bonds. The van der Waals surface area contributed by atoms with Crippen LogP contribution in [0.5, 0.6) is 11.5 Å².